The molecule has 118 valence electrons. The van der Waals surface area contributed by atoms with Gasteiger partial charge in [0.05, 0.1) is 31.9 Å². The van der Waals surface area contributed by atoms with Crippen LogP contribution in [-0.4, -0.2) is 60.4 Å². The number of aliphatic hydroxyl groups excluding tert-OH is 1. The number of aliphatic hydroxyl groups is 1. The molecule has 0 bridgehead atoms. The van der Waals surface area contributed by atoms with Crippen LogP contribution in [-0.2, 0) is 9.53 Å². The highest BCUT2D eigenvalue weighted by Gasteiger charge is 2.43. The van der Waals surface area contributed by atoms with Gasteiger partial charge in [-0.05, 0) is 38.5 Å². The van der Waals surface area contributed by atoms with Crippen molar-refractivity contribution in [3.63, 3.8) is 0 Å². The Kier molecular flexibility index (Phi) is 5.57. The van der Waals surface area contributed by atoms with E-state index in [1.54, 1.807) is 0 Å². The molecule has 1 saturated heterocycles. The number of carbonyl (C=O) groups excluding carboxylic acids is 1. The van der Waals surface area contributed by atoms with E-state index in [1.165, 1.54) is 0 Å². The van der Waals surface area contributed by atoms with Gasteiger partial charge in [-0.1, -0.05) is 0 Å². The normalized spacial score (nSPS) is 23.3. The molecule has 2 rings (SSSR count). The van der Waals surface area contributed by atoms with E-state index in [-0.39, 0.29) is 18.6 Å². The summed E-state index contributed by atoms with van der Waals surface area (Å²) in [7, 11) is 0. The molecular weight excluding hydrogens is 270 g/mol. The number of carbonyl (C=O) groups is 1. The number of likely N-dealkylation sites (tertiary alicyclic amines) is 1. The summed E-state index contributed by atoms with van der Waals surface area (Å²) in [6.45, 7) is 4.23. The zero-order chi connectivity index (χ0) is 15.3. The monoisotopic (exact) mass is 295 g/mol. The third kappa shape index (κ3) is 4.67. The van der Waals surface area contributed by atoms with Gasteiger partial charge in [0, 0.05) is 13.1 Å². The zero-order valence-corrected chi connectivity index (χ0v) is 12.7. The van der Waals surface area contributed by atoms with Gasteiger partial charge in [-0.3, -0.25) is 9.69 Å². The lowest BCUT2D eigenvalue weighted by atomic mass is 9.98. The van der Waals surface area contributed by atoms with Gasteiger partial charge < -0.3 is 15.2 Å². The number of hydrogen-bond donors (Lipinski definition) is 2. The fourth-order valence-electron chi connectivity index (χ4n) is 2.87. The molecule has 0 aromatic heterocycles. The first-order valence-corrected chi connectivity index (χ1v) is 7.74. The molecule has 0 aromatic carbocycles. The van der Waals surface area contributed by atoms with Gasteiger partial charge in [0.25, 0.3) is 0 Å². The summed E-state index contributed by atoms with van der Waals surface area (Å²) in [6, 6.07) is 2.24. The highest BCUT2D eigenvalue weighted by atomic mass is 16.5. The average Bonchev–Trinajstić information content (AvgIpc) is 3.31. The maximum atomic E-state index is 12.1. The molecule has 6 nitrogen and oxygen atoms in total. The van der Waals surface area contributed by atoms with Crippen molar-refractivity contribution in [2.45, 2.75) is 44.2 Å². The van der Waals surface area contributed by atoms with Crippen molar-refractivity contribution < 1.29 is 14.6 Å². The standard InChI is InChI=1S/C15H25N3O3/c1-15(11-16,12-2-3-12)17-14(20)10-18-6-4-13(5-7-18)21-9-8-19/h12-13,19H,2-10H2,1H3,(H,17,20). The molecule has 0 spiro atoms. The second-order valence-corrected chi connectivity index (χ2v) is 6.21. The summed E-state index contributed by atoms with van der Waals surface area (Å²) in [5.74, 6) is 0.241. The lowest BCUT2D eigenvalue weighted by Gasteiger charge is -2.32. The summed E-state index contributed by atoms with van der Waals surface area (Å²) in [4.78, 5) is 14.2. The number of rotatable bonds is 7. The number of piperidine rings is 1. The Balaban J connectivity index is 1.71. The molecule has 21 heavy (non-hydrogen) atoms. The van der Waals surface area contributed by atoms with E-state index in [9.17, 15) is 10.1 Å². The summed E-state index contributed by atoms with van der Waals surface area (Å²) in [5, 5.41) is 20.9. The molecule has 1 amide bonds. The van der Waals surface area contributed by atoms with E-state index < -0.39 is 5.54 Å². The lowest BCUT2D eigenvalue weighted by Crippen LogP contribution is -2.51. The first kappa shape index (κ1) is 16.2. The second kappa shape index (κ2) is 7.21. The van der Waals surface area contributed by atoms with Gasteiger partial charge in [-0.25, -0.2) is 0 Å². The first-order valence-electron chi connectivity index (χ1n) is 7.74. The molecular formula is C15H25N3O3. The molecule has 1 unspecified atom stereocenters. The molecule has 2 N–H and O–H groups in total. The van der Waals surface area contributed by atoms with Gasteiger partial charge in [0.2, 0.25) is 5.91 Å². The Bertz CT molecular complexity index is 397. The van der Waals surface area contributed by atoms with Crippen LogP contribution in [0.5, 0.6) is 0 Å². The SMILES string of the molecule is CC(C#N)(NC(=O)CN1CCC(OCCO)CC1)C1CC1. The van der Waals surface area contributed by atoms with Crippen molar-refractivity contribution in [2.75, 3.05) is 32.8 Å². The van der Waals surface area contributed by atoms with E-state index in [0.717, 1.165) is 38.8 Å². The third-order valence-corrected chi connectivity index (χ3v) is 4.37. The van der Waals surface area contributed by atoms with E-state index in [0.29, 0.717) is 19.1 Å². The van der Waals surface area contributed by atoms with Crippen molar-refractivity contribution in [1.82, 2.24) is 10.2 Å². The van der Waals surface area contributed by atoms with Crippen molar-refractivity contribution in [3.05, 3.63) is 0 Å². The molecule has 1 heterocycles. The second-order valence-electron chi connectivity index (χ2n) is 6.21. The molecule has 1 saturated carbocycles. The largest absolute Gasteiger partial charge is 0.394 e. The maximum absolute atomic E-state index is 12.1. The van der Waals surface area contributed by atoms with Crippen LogP contribution in [0.2, 0.25) is 0 Å². The number of amides is 1. The predicted molar refractivity (Wildman–Crippen MR) is 77.4 cm³/mol. The predicted octanol–water partition coefficient (Wildman–Crippen LogP) is 0.268. The van der Waals surface area contributed by atoms with Crippen LogP contribution in [0.4, 0.5) is 0 Å². The smallest absolute Gasteiger partial charge is 0.235 e. The Morgan fingerprint density at radius 2 is 2.10 bits per heavy atom. The van der Waals surface area contributed by atoms with Crippen molar-refractivity contribution in [1.29, 1.82) is 5.26 Å². The van der Waals surface area contributed by atoms with Gasteiger partial charge in [0.1, 0.15) is 5.54 Å². The first-order chi connectivity index (χ1) is 10.1. The van der Waals surface area contributed by atoms with Crippen molar-refractivity contribution in [3.8, 4) is 6.07 Å². The Hall–Kier alpha value is -1.16. The highest BCUT2D eigenvalue weighted by Crippen LogP contribution is 2.39. The van der Waals surface area contributed by atoms with E-state index in [4.69, 9.17) is 9.84 Å². The van der Waals surface area contributed by atoms with Gasteiger partial charge >= 0.3 is 0 Å². The van der Waals surface area contributed by atoms with Gasteiger partial charge in [-0.15, -0.1) is 0 Å². The molecule has 2 fully saturated rings. The zero-order valence-electron chi connectivity index (χ0n) is 12.7. The molecule has 2 aliphatic rings. The minimum absolute atomic E-state index is 0.0521. The van der Waals surface area contributed by atoms with Crippen LogP contribution < -0.4 is 5.32 Å². The van der Waals surface area contributed by atoms with Crippen LogP contribution in [0, 0.1) is 17.2 Å². The number of hydrogen-bond acceptors (Lipinski definition) is 5. The van der Waals surface area contributed by atoms with E-state index in [1.807, 2.05) is 6.92 Å². The molecule has 0 aromatic rings. The summed E-state index contributed by atoms with van der Waals surface area (Å²) >= 11 is 0. The summed E-state index contributed by atoms with van der Waals surface area (Å²) in [5.41, 5.74) is -0.709. The van der Waals surface area contributed by atoms with Crippen LogP contribution >= 0.6 is 0 Å². The number of nitriles is 1. The molecule has 0 radical (unpaired) electrons. The topological polar surface area (TPSA) is 85.6 Å². The van der Waals surface area contributed by atoms with Crippen LogP contribution in [0.1, 0.15) is 32.6 Å². The molecule has 1 aliphatic carbocycles. The van der Waals surface area contributed by atoms with Gasteiger partial charge in [-0.2, -0.15) is 5.26 Å². The van der Waals surface area contributed by atoms with Crippen LogP contribution in [0.15, 0.2) is 0 Å². The minimum atomic E-state index is -0.709. The Labute approximate surface area is 126 Å². The van der Waals surface area contributed by atoms with Gasteiger partial charge in [0.15, 0.2) is 0 Å². The van der Waals surface area contributed by atoms with Crippen molar-refractivity contribution in [2.24, 2.45) is 5.92 Å². The highest BCUT2D eigenvalue weighted by molar-refractivity contribution is 5.79. The maximum Gasteiger partial charge on any atom is 0.235 e. The summed E-state index contributed by atoms with van der Waals surface area (Å²) < 4.78 is 5.50. The number of ether oxygens (including phenoxy) is 1. The van der Waals surface area contributed by atoms with E-state index >= 15 is 0 Å². The Morgan fingerprint density at radius 3 is 2.62 bits per heavy atom. The van der Waals surface area contributed by atoms with E-state index in [2.05, 4.69) is 16.3 Å². The summed E-state index contributed by atoms with van der Waals surface area (Å²) in [6.07, 6.45) is 4.00. The third-order valence-electron chi connectivity index (χ3n) is 4.37. The quantitative estimate of drug-likeness (QED) is 0.704. The fourth-order valence-corrected chi connectivity index (χ4v) is 2.87. The van der Waals surface area contributed by atoms with Crippen molar-refractivity contribution >= 4 is 5.91 Å². The average molecular weight is 295 g/mol. The lowest BCUT2D eigenvalue weighted by molar-refractivity contribution is -0.124. The number of nitrogens with zero attached hydrogens (tertiary/aromatic N) is 2. The molecule has 1 atom stereocenters. The Morgan fingerprint density at radius 1 is 1.43 bits per heavy atom. The molecule has 6 heteroatoms. The fraction of sp³-hybridized carbons (Fsp3) is 0.867. The number of nitrogens with one attached hydrogen (secondary N) is 1. The molecule has 1 aliphatic heterocycles. The van der Waals surface area contributed by atoms with Crippen LogP contribution in [0.3, 0.4) is 0 Å². The van der Waals surface area contributed by atoms with Crippen LogP contribution in [0.25, 0.3) is 0 Å². The minimum Gasteiger partial charge on any atom is -0.394 e.